The zero-order valence-electron chi connectivity index (χ0n) is 18.2. The van der Waals surface area contributed by atoms with Gasteiger partial charge in [-0.15, -0.1) is 0 Å². The molecule has 0 fully saturated rings. The van der Waals surface area contributed by atoms with E-state index in [0.29, 0.717) is 0 Å². The largest absolute Gasteiger partial charge is 0.479 e. The van der Waals surface area contributed by atoms with Crippen molar-refractivity contribution in [3.8, 4) is 0 Å². The third-order valence-corrected chi connectivity index (χ3v) is 5.45. The Kier molecular flexibility index (Phi) is 5.97. The first-order valence-corrected chi connectivity index (χ1v) is 10.1. The number of hydrogen-bond donors (Lipinski definition) is 2. The SMILES string of the molecule is Cc1ccc(/C=C/c2c(C)c3c(c(C)c2[C@H](OC(C)(C)C)C(=O)O)CNC3)cc1. The summed E-state index contributed by atoms with van der Waals surface area (Å²) in [7, 11) is 0. The zero-order chi connectivity index (χ0) is 21.3. The fraction of sp³-hybridized carbons (Fsp3) is 0.400. The highest BCUT2D eigenvalue weighted by Gasteiger charge is 2.33. The molecule has 0 spiro atoms. The summed E-state index contributed by atoms with van der Waals surface area (Å²) < 4.78 is 6.04. The molecule has 4 heteroatoms. The van der Waals surface area contributed by atoms with E-state index < -0.39 is 17.7 Å². The first-order chi connectivity index (χ1) is 13.6. The molecule has 1 aliphatic rings. The molecule has 0 saturated carbocycles. The van der Waals surface area contributed by atoms with Crippen LogP contribution in [0.15, 0.2) is 24.3 Å². The average Bonchev–Trinajstić information content (AvgIpc) is 3.13. The lowest BCUT2D eigenvalue weighted by Crippen LogP contribution is -2.29. The van der Waals surface area contributed by atoms with Gasteiger partial charge in [0.2, 0.25) is 0 Å². The predicted molar refractivity (Wildman–Crippen MR) is 118 cm³/mol. The lowest BCUT2D eigenvalue weighted by Gasteiger charge is -2.29. The van der Waals surface area contributed by atoms with Crippen LogP contribution < -0.4 is 5.32 Å². The third kappa shape index (κ3) is 4.60. The number of fused-ring (bicyclic) bond motifs is 1. The van der Waals surface area contributed by atoms with E-state index in [-0.39, 0.29) is 0 Å². The molecule has 0 saturated heterocycles. The molecule has 2 aromatic carbocycles. The summed E-state index contributed by atoms with van der Waals surface area (Å²) in [4.78, 5) is 12.2. The lowest BCUT2D eigenvalue weighted by atomic mass is 9.85. The van der Waals surface area contributed by atoms with E-state index in [4.69, 9.17) is 4.74 Å². The second-order valence-electron chi connectivity index (χ2n) is 8.83. The third-order valence-electron chi connectivity index (χ3n) is 5.45. The van der Waals surface area contributed by atoms with E-state index in [1.165, 1.54) is 16.7 Å². The van der Waals surface area contributed by atoms with Gasteiger partial charge in [0, 0.05) is 18.7 Å². The molecule has 0 bridgehead atoms. The zero-order valence-corrected chi connectivity index (χ0v) is 18.2. The van der Waals surface area contributed by atoms with Crippen LogP contribution in [0.5, 0.6) is 0 Å². The Hall–Kier alpha value is -2.43. The standard InChI is InChI=1S/C25H31NO3/c1-15-7-9-18(10-8-15)11-12-19-16(2)20-13-26-14-21(20)17(3)22(19)23(24(27)28)29-25(4,5)6/h7-12,23,26H,13-14H2,1-6H3,(H,27,28)/b12-11+/t23-/m0/s1. The van der Waals surface area contributed by atoms with Crippen molar-refractivity contribution in [2.45, 2.75) is 66.3 Å². The molecule has 2 aromatic rings. The maximum Gasteiger partial charge on any atom is 0.337 e. The Morgan fingerprint density at radius 2 is 1.62 bits per heavy atom. The molecule has 0 radical (unpaired) electrons. The van der Waals surface area contributed by atoms with Crippen LogP contribution in [-0.4, -0.2) is 16.7 Å². The molecule has 4 nitrogen and oxygen atoms in total. The van der Waals surface area contributed by atoms with Crippen LogP contribution in [0.4, 0.5) is 0 Å². The van der Waals surface area contributed by atoms with Gasteiger partial charge in [-0.2, -0.15) is 0 Å². The minimum atomic E-state index is -1.02. The maximum atomic E-state index is 12.2. The molecule has 2 N–H and O–H groups in total. The number of ether oxygens (including phenoxy) is 1. The van der Waals surface area contributed by atoms with E-state index in [1.54, 1.807) is 0 Å². The fourth-order valence-electron chi connectivity index (χ4n) is 3.97. The molecule has 1 aliphatic heterocycles. The molecule has 0 amide bonds. The fourth-order valence-corrected chi connectivity index (χ4v) is 3.97. The number of carboxylic acid groups (broad SMARTS) is 1. The van der Waals surface area contributed by atoms with Gasteiger partial charge in [0.15, 0.2) is 6.10 Å². The van der Waals surface area contributed by atoms with Crippen molar-refractivity contribution in [1.29, 1.82) is 0 Å². The Morgan fingerprint density at radius 3 is 2.17 bits per heavy atom. The van der Waals surface area contributed by atoms with Gasteiger partial charge in [0.05, 0.1) is 5.60 Å². The second-order valence-corrected chi connectivity index (χ2v) is 8.83. The van der Waals surface area contributed by atoms with E-state index in [2.05, 4.69) is 49.5 Å². The van der Waals surface area contributed by atoms with Gasteiger partial charge < -0.3 is 15.2 Å². The number of carboxylic acids is 1. The molecule has 3 rings (SSSR count). The summed E-state index contributed by atoms with van der Waals surface area (Å²) in [6, 6.07) is 8.30. The second kappa shape index (κ2) is 8.13. The summed E-state index contributed by atoms with van der Waals surface area (Å²) >= 11 is 0. The Balaban J connectivity index is 2.19. The topological polar surface area (TPSA) is 58.6 Å². The molecule has 0 aromatic heterocycles. The van der Waals surface area contributed by atoms with E-state index >= 15 is 0 Å². The predicted octanol–water partition coefficient (Wildman–Crippen LogP) is 5.33. The first kappa shape index (κ1) is 21.3. The first-order valence-electron chi connectivity index (χ1n) is 10.1. The van der Waals surface area contributed by atoms with Crippen LogP contribution in [0, 0.1) is 20.8 Å². The highest BCUT2D eigenvalue weighted by atomic mass is 16.5. The van der Waals surface area contributed by atoms with Crippen LogP contribution in [-0.2, 0) is 22.6 Å². The highest BCUT2D eigenvalue weighted by Crippen LogP contribution is 2.38. The van der Waals surface area contributed by atoms with Crippen LogP contribution in [0.1, 0.15) is 71.4 Å². The summed E-state index contributed by atoms with van der Waals surface area (Å²) in [5.41, 5.74) is 8.04. The van der Waals surface area contributed by atoms with Gasteiger partial charge in [0.1, 0.15) is 0 Å². The number of hydrogen-bond acceptors (Lipinski definition) is 3. The van der Waals surface area contributed by atoms with Crippen LogP contribution in [0.2, 0.25) is 0 Å². The Labute approximate surface area is 173 Å². The van der Waals surface area contributed by atoms with Crippen LogP contribution in [0.3, 0.4) is 0 Å². The summed E-state index contributed by atoms with van der Waals surface area (Å²) in [5.74, 6) is -0.960. The van der Waals surface area contributed by atoms with Crippen molar-refractivity contribution in [2.75, 3.05) is 0 Å². The van der Waals surface area contributed by atoms with Gasteiger partial charge in [-0.25, -0.2) is 4.79 Å². The van der Waals surface area contributed by atoms with E-state index in [0.717, 1.165) is 40.9 Å². The monoisotopic (exact) mass is 393 g/mol. The van der Waals surface area contributed by atoms with Crippen molar-refractivity contribution in [3.63, 3.8) is 0 Å². The molecular formula is C25H31NO3. The molecule has 154 valence electrons. The number of benzene rings is 2. The summed E-state index contributed by atoms with van der Waals surface area (Å²) in [5, 5.41) is 13.4. The number of rotatable bonds is 5. The normalized spacial score (nSPS) is 15.0. The van der Waals surface area contributed by atoms with Crippen LogP contribution in [0.25, 0.3) is 12.2 Å². The van der Waals surface area contributed by atoms with Gasteiger partial charge >= 0.3 is 5.97 Å². The molecule has 0 unspecified atom stereocenters. The summed E-state index contributed by atoms with van der Waals surface area (Å²) in [6.07, 6.45) is 3.08. The van der Waals surface area contributed by atoms with Gasteiger partial charge in [-0.1, -0.05) is 42.0 Å². The van der Waals surface area contributed by atoms with E-state index in [9.17, 15) is 9.90 Å². The number of carbonyl (C=O) groups is 1. The van der Waals surface area contributed by atoms with Crippen molar-refractivity contribution in [1.82, 2.24) is 5.32 Å². The number of aliphatic carboxylic acids is 1. The molecule has 1 atom stereocenters. The number of aryl methyl sites for hydroxylation is 1. The molecular weight excluding hydrogens is 362 g/mol. The minimum Gasteiger partial charge on any atom is -0.479 e. The minimum absolute atomic E-state index is 0.571. The smallest absolute Gasteiger partial charge is 0.337 e. The van der Waals surface area contributed by atoms with Crippen LogP contribution >= 0.6 is 0 Å². The maximum absolute atomic E-state index is 12.2. The van der Waals surface area contributed by atoms with Gasteiger partial charge in [-0.05, 0) is 74.9 Å². The molecule has 29 heavy (non-hydrogen) atoms. The lowest BCUT2D eigenvalue weighted by molar-refractivity contribution is -0.160. The quantitative estimate of drug-likeness (QED) is 0.675. The molecule has 1 heterocycles. The Bertz CT molecular complexity index is 950. The highest BCUT2D eigenvalue weighted by molar-refractivity contribution is 5.82. The van der Waals surface area contributed by atoms with Crippen molar-refractivity contribution in [2.24, 2.45) is 0 Å². The van der Waals surface area contributed by atoms with Gasteiger partial charge in [-0.3, -0.25) is 0 Å². The summed E-state index contributed by atoms with van der Waals surface area (Å²) in [6.45, 7) is 13.4. The Morgan fingerprint density at radius 1 is 1.03 bits per heavy atom. The van der Waals surface area contributed by atoms with E-state index in [1.807, 2.05) is 33.8 Å². The van der Waals surface area contributed by atoms with Crippen molar-refractivity contribution in [3.05, 3.63) is 68.8 Å². The van der Waals surface area contributed by atoms with Crippen molar-refractivity contribution >= 4 is 18.1 Å². The van der Waals surface area contributed by atoms with Gasteiger partial charge in [0.25, 0.3) is 0 Å². The molecule has 0 aliphatic carbocycles. The number of nitrogens with one attached hydrogen (secondary N) is 1. The van der Waals surface area contributed by atoms with Crippen molar-refractivity contribution < 1.29 is 14.6 Å². The average molecular weight is 394 g/mol.